The summed E-state index contributed by atoms with van der Waals surface area (Å²) in [6.07, 6.45) is 1.82. The smallest absolute Gasteiger partial charge is 0.274 e. The van der Waals surface area contributed by atoms with Crippen LogP contribution in [-0.4, -0.2) is 78.5 Å². The van der Waals surface area contributed by atoms with Crippen LogP contribution >= 0.6 is 0 Å². The van der Waals surface area contributed by atoms with E-state index in [2.05, 4.69) is 25.0 Å². The molecule has 0 saturated carbocycles. The second kappa shape index (κ2) is 7.65. The summed E-state index contributed by atoms with van der Waals surface area (Å²) in [7, 11) is 0. The molecule has 0 aromatic carbocycles. The normalized spacial score (nSPS) is 18.1. The Morgan fingerprint density at radius 3 is 2.19 bits per heavy atom. The molecule has 0 bridgehead atoms. The summed E-state index contributed by atoms with van der Waals surface area (Å²) >= 11 is 0. The molecule has 0 aliphatic carbocycles. The van der Waals surface area contributed by atoms with Crippen LogP contribution in [0.5, 0.6) is 0 Å². The van der Waals surface area contributed by atoms with Crippen molar-refractivity contribution in [1.29, 1.82) is 0 Å². The van der Waals surface area contributed by atoms with Crippen LogP contribution in [0, 0.1) is 0 Å². The number of pyridine rings is 1. The number of anilines is 2. The van der Waals surface area contributed by atoms with E-state index in [1.807, 2.05) is 30.5 Å². The van der Waals surface area contributed by atoms with Crippen LogP contribution < -0.4 is 9.80 Å². The van der Waals surface area contributed by atoms with Crippen molar-refractivity contribution >= 4 is 17.5 Å². The van der Waals surface area contributed by atoms with Gasteiger partial charge in [0.15, 0.2) is 11.5 Å². The summed E-state index contributed by atoms with van der Waals surface area (Å²) in [6.45, 7) is 5.84. The number of piperazine rings is 1. The monoisotopic (exact) mass is 354 g/mol. The molecule has 0 N–H and O–H groups in total. The van der Waals surface area contributed by atoms with E-state index in [9.17, 15) is 4.79 Å². The summed E-state index contributed by atoms with van der Waals surface area (Å²) in [5.41, 5.74) is 0.391. The summed E-state index contributed by atoms with van der Waals surface area (Å²) in [6, 6.07) is 9.61. The molecule has 2 fully saturated rings. The largest absolute Gasteiger partial charge is 0.378 e. The van der Waals surface area contributed by atoms with Gasteiger partial charge < -0.3 is 19.4 Å². The number of aromatic nitrogens is 3. The van der Waals surface area contributed by atoms with E-state index >= 15 is 0 Å². The molecule has 2 aromatic rings. The molecule has 26 heavy (non-hydrogen) atoms. The Morgan fingerprint density at radius 2 is 1.58 bits per heavy atom. The fourth-order valence-corrected chi connectivity index (χ4v) is 3.24. The number of hydrogen-bond donors (Lipinski definition) is 0. The van der Waals surface area contributed by atoms with Gasteiger partial charge in [-0.05, 0) is 24.3 Å². The molecule has 0 unspecified atom stereocenters. The molecule has 0 spiro atoms. The fourth-order valence-electron chi connectivity index (χ4n) is 3.24. The molecule has 2 aromatic heterocycles. The molecule has 8 nitrogen and oxygen atoms in total. The summed E-state index contributed by atoms with van der Waals surface area (Å²) in [4.78, 5) is 23.0. The van der Waals surface area contributed by atoms with Crippen molar-refractivity contribution in [3.63, 3.8) is 0 Å². The lowest BCUT2D eigenvalue weighted by molar-refractivity contribution is 0.0298. The lowest BCUT2D eigenvalue weighted by Crippen LogP contribution is -2.47. The van der Waals surface area contributed by atoms with Gasteiger partial charge in [0.05, 0.1) is 13.2 Å². The third-order valence-electron chi connectivity index (χ3n) is 4.74. The van der Waals surface area contributed by atoms with Crippen LogP contribution in [0.15, 0.2) is 36.5 Å². The van der Waals surface area contributed by atoms with Gasteiger partial charge in [0.1, 0.15) is 5.82 Å². The van der Waals surface area contributed by atoms with Crippen molar-refractivity contribution < 1.29 is 9.53 Å². The van der Waals surface area contributed by atoms with Gasteiger partial charge in [-0.3, -0.25) is 4.79 Å². The molecular formula is C18H22N6O2. The molecular weight excluding hydrogens is 332 g/mol. The van der Waals surface area contributed by atoms with Gasteiger partial charge in [0, 0.05) is 45.5 Å². The summed E-state index contributed by atoms with van der Waals surface area (Å²) in [5, 5.41) is 8.44. The average Bonchev–Trinajstić information content (AvgIpc) is 2.75. The first kappa shape index (κ1) is 16.7. The Labute approximate surface area is 152 Å². The van der Waals surface area contributed by atoms with Gasteiger partial charge in [0.2, 0.25) is 0 Å². The van der Waals surface area contributed by atoms with E-state index in [4.69, 9.17) is 4.74 Å². The predicted molar refractivity (Wildman–Crippen MR) is 97.4 cm³/mol. The first-order valence-electron chi connectivity index (χ1n) is 8.93. The van der Waals surface area contributed by atoms with Gasteiger partial charge in [-0.25, -0.2) is 4.98 Å². The van der Waals surface area contributed by atoms with Crippen molar-refractivity contribution in [3.05, 3.63) is 42.2 Å². The number of ether oxygens (including phenoxy) is 1. The zero-order chi connectivity index (χ0) is 17.8. The average molecular weight is 354 g/mol. The maximum atomic E-state index is 12.4. The van der Waals surface area contributed by atoms with Gasteiger partial charge in [-0.2, -0.15) is 0 Å². The molecule has 0 atom stereocenters. The molecule has 1 amide bonds. The topological polar surface area (TPSA) is 74.7 Å². The van der Waals surface area contributed by atoms with E-state index < -0.39 is 0 Å². The first-order chi connectivity index (χ1) is 12.8. The molecule has 2 aliphatic rings. The zero-order valence-electron chi connectivity index (χ0n) is 14.6. The van der Waals surface area contributed by atoms with Gasteiger partial charge >= 0.3 is 0 Å². The highest BCUT2D eigenvalue weighted by atomic mass is 16.5. The third-order valence-corrected chi connectivity index (χ3v) is 4.74. The van der Waals surface area contributed by atoms with Crippen molar-refractivity contribution in [2.45, 2.75) is 0 Å². The SMILES string of the molecule is O=C(c1ccc(N2CCN(c3ccccn3)CC2)nn1)N1CCOCC1. The van der Waals surface area contributed by atoms with Gasteiger partial charge in [0.25, 0.3) is 5.91 Å². The van der Waals surface area contributed by atoms with Crippen LogP contribution in [0.3, 0.4) is 0 Å². The second-order valence-corrected chi connectivity index (χ2v) is 6.34. The van der Waals surface area contributed by atoms with Crippen LogP contribution in [0.1, 0.15) is 10.5 Å². The number of morpholine rings is 1. The van der Waals surface area contributed by atoms with E-state index in [1.54, 1.807) is 11.0 Å². The standard InChI is InChI=1S/C18H22N6O2/c25-18(24-11-13-26-14-12-24)15-4-5-17(21-20-15)23-9-7-22(8-10-23)16-3-1-2-6-19-16/h1-6H,7-14H2. The predicted octanol–water partition coefficient (Wildman–Crippen LogP) is 0.671. The molecule has 4 rings (SSSR count). The molecule has 0 radical (unpaired) electrons. The number of nitrogens with zero attached hydrogens (tertiary/aromatic N) is 6. The molecule has 8 heteroatoms. The minimum Gasteiger partial charge on any atom is -0.378 e. The maximum Gasteiger partial charge on any atom is 0.274 e. The van der Waals surface area contributed by atoms with Gasteiger partial charge in [-0.1, -0.05) is 6.07 Å². The maximum absolute atomic E-state index is 12.4. The molecule has 2 saturated heterocycles. The van der Waals surface area contributed by atoms with Crippen molar-refractivity contribution in [3.8, 4) is 0 Å². The van der Waals surface area contributed by atoms with Crippen molar-refractivity contribution in [2.24, 2.45) is 0 Å². The second-order valence-electron chi connectivity index (χ2n) is 6.34. The van der Waals surface area contributed by atoms with Crippen molar-refractivity contribution in [1.82, 2.24) is 20.1 Å². The van der Waals surface area contributed by atoms with E-state index in [1.165, 1.54) is 0 Å². The first-order valence-corrected chi connectivity index (χ1v) is 8.93. The summed E-state index contributed by atoms with van der Waals surface area (Å²) < 4.78 is 5.28. The van der Waals surface area contributed by atoms with E-state index in [-0.39, 0.29) is 5.91 Å². The minimum absolute atomic E-state index is 0.0766. The van der Waals surface area contributed by atoms with E-state index in [0.29, 0.717) is 32.0 Å². The van der Waals surface area contributed by atoms with Crippen LogP contribution in [0.4, 0.5) is 11.6 Å². The molecule has 4 heterocycles. The van der Waals surface area contributed by atoms with E-state index in [0.717, 1.165) is 37.8 Å². The quantitative estimate of drug-likeness (QED) is 0.802. The number of carbonyl (C=O) groups excluding carboxylic acids is 1. The number of rotatable bonds is 3. The Bertz CT molecular complexity index is 725. The highest BCUT2D eigenvalue weighted by Gasteiger charge is 2.22. The van der Waals surface area contributed by atoms with Crippen LogP contribution in [-0.2, 0) is 4.74 Å². The lowest BCUT2D eigenvalue weighted by atomic mass is 10.2. The lowest BCUT2D eigenvalue weighted by Gasteiger charge is -2.35. The number of amides is 1. The highest BCUT2D eigenvalue weighted by molar-refractivity contribution is 5.92. The van der Waals surface area contributed by atoms with Crippen LogP contribution in [0.2, 0.25) is 0 Å². The minimum atomic E-state index is -0.0766. The summed E-state index contributed by atoms with van der Waals surface area (Å²) in [5.74, 6) is 1.74. The van der Waals surface area contributed by atoms with Crippen LogP contribution in [0.25, 0.3) is 0 Å². The molecule has 136 valence electrons. The Hall–Kier alpha value is -2.74. The fraction of sp³-hybridized carbons (Fsp3) is 0.444. The number of hydrogen-bond acceptors (Lipinski definition) is 7. The Kier molecular flexibility index (Phi) is 4.92. The van der Waals surface area contributed by atoms with Gasteiger partial charge in [-0.15, -0.1) is 10.2 Å². The third kappa shape index (κ3) is 3.60. The Morgan fingerprint density at radius 1 is 0.846 bits per heavy atom. The van der Waals surface area contributed by atoms with Crippen molar-refractivity contribution in [2.75, 3.05) is 62.3 Å². The zero-order valence-corrected chi connectivity index (χ0v) is 14.6. The molecule has 2 aliphatic heterocycles. The highest BCUT2D eigenvalue weighted by Crippen LogP contribution is 2.17. The Balaban J connectivity index is 1.36. The number of carbonyl (C=O) groups is 1.